The molecule has 0 aliphatic heterocycles. The lowest BCUT2D eigenvalue weighted by atomic mass is 10.2. The first-order valence-corrected chi connectivity index (χ1v) is 7.08. The highest BCUT2D eigenvalue weighted by molar-refractivity contribution is 5.44. The lowest BCUT2D eigenvalue weighted by Crippen LogP contribution is -2.24. The fraction of sp³-hybridized carbons (Fsp3) is 0.294. The van der Waals surface area contributed by atoms with E-state index in [0.717, 1.165) is 18.7 Å². The minimum Gasteiger partial charge on any atom is -0.375 e. The third kappa shape index (κ3) is 4.53. The Morgan fingerprint density at radius 2 is 1.62 bits per heavy atom. The molecule has 2 aromatic carbocycles. The monoisotopic (exact) mass is 290 g/mol. The number of halogens is 2. The molecule has 112 valence electrons. The quantitative estimate of drug-likeness (QED) is 0.784. The molecule has 0 radical (unpaired) electrons. The third-order valence-electron chi connectivity index (χ3n) is 3.41. The Bertz CT molecular complexity index is 538. The summed E-state index contributed by atoms with van der Waals surface area (Å²) in [5.41, 5.74) is 1.27. The number of hydrogen-bond acceptors (Lipinski definition) is 2. The molecule has 0 aliphatic carbocycles. The zero-order chi connectivity index (χ0) is 15.1. The highest BCUT2D eigenvalue weighted by atomic mass is 19.1. The van der Waals surface area contributed by atoms with Crippen molar-refractivity contribution in [3.05, 3.63) is 65.7 Å². The first-order valence-electron chi connectivity index (χ1n) is 7.08. The predicted octanol–water partition coefficient (Wildman–Crippen LogP) is 3.58. The maximum absolute atomic E-state index is 13.4. The summed E-state index contributed by atoms with van der Waals surface area (Å²) in [5.74, 6) is -0.993. The Balaban J connectivity index is 1.71. The molecule has 0 heterocycles. The summed E-state index contributed by atoms with van der Waals surface area (Å²) in [4.78, 5) is 2.16. The van der Waals surface area contributed by atoms with Crippen LogP contribution in [-0.2, 0) is 6.54 Å². The van der Waals surface area contributed by atoms with E-state index in [-0.39, 0.29) is 12.1 Å². The molecule has 0 bridgehead atoms. The van der Waals surface area contributed by atoms with Gasteiger partial charge in [-0.15, -0.1) is 0 Å². The normalized spacial score (nSPS) is 10.6. The predicted molar refractivity (Wildman–Crippen MR) is 82.4 cm³/mol. The lowest BCUT2D eigenvalue weighted by Gasteiger charge is -2.19. The molecule has 0 amide bonds. The molecule has 2 rings (SSSR count). The van der Waals surface area contributed by atoms with E-state index in [1.807, 2.05) is 25.2 Å². The van der Waals surface area contributed by atoms with Gasteiger partial charge in [0, 0.05) is 31.4 Å². The van der Waals surface area contributed by atoms with Crippen molar-refractivity contribution in [2.24, 2.45) is 0 Å². The molecule has 0 saturated heterocycles. The minimum atomic E-state index is -0.496. The van der Waals surface area contributed by atoms with Crippen LogP contribution >= 0.6 is 0 Å². The van der Waals surface area contributed by atoms with Crippen LogP contribution in [0.1, 0.15) is 12.0 Å². The molecule has 0 saturated carbocycles. The molecule has 0 fully saturated rings. The number of benzene rings is 2. The molecule has 0 spiro atoms. The molecular weight excluding hydrogens is 270 g/mol. The van der Waals surface area contributed by atoms with Gasteiger partial charge in [0.15, 0.2) is 0 Å². The fourth-order valence-electron chi connectivity index (χ4n) is 2.17. The number of para-hydroxylation sites is 1. The van der Waals surface area contributed by atoms with E-state index in [0.29, 0.717) is 6.54 Å². The van der Waals surface area contributed by atoms with Gasteiger partial charge in [-0.25, -0.2) is 8.78 Å². The molecule has 0 unspecified atom stereocenters. The van der Waals surface area contributed by atoms with Crippen LogP contribution < -0.4 is 10.2 Å². The third-order valence-corrected chi connectivity index (χ3v) is 3.41. The summed E-state index contributed by atoms with van der Waals surface area (Å²) in [7, 11) is 2.03. The van der Waals surface area contributed by atoms with Crippen molar-refractivity contribution in [2.45, 2.75) is 13.0 Å². The summed E-state index contributed by atoms with van der Waals surface area (Å²) in [5, 5.41) is 3.08. The second-order valence-electron chi connectivity index (χ2n) is 4.99. The highest BCUT2D eigenvalue weighted by Crippen LogP contribution is 2.12. The van der Waals surface area contributed by atoms with E-state index in [9.17, 15) is 8.78 Å². The average molecular weight is 290 g/mol. The number of rotatable bonds is 7. The van der Waals surface area contributed by atoms with Gasteiger partial charge >= 0.3 is 0 Å². The van der Waals surface area contributed by atoms with Crippen molar-refractivity contribution in [2.75, 3.05) is 25.0 Å². The van der Waals surface area contributed by atoms with E-state index in [1.54, 1.807) is 0 Å². The van der Waals surface area contributed by atoms with E-state index in [2.05, 4.69) is 22.3 Å². The van der Waals surface area contributed by atoms with Crippen LogP contribution in [0.4, 0.5) is 14.5 Å². The second-order valence-corrected chi connectivity index (χ2v) is 4.99. The Labute approximate surface area is 124 Å². The summed E-state index contributed by atoms with van der Waals surface area (Å²) in [6, 6.07) is 14.1. The number of hydrogen-bond donors (Lipinski definition) is 1. The van der Waals surface area contributed by atoms with E-state index >= 15 is 0 Å². The Morgan fingerprint density at radius 3 is 2.29 bits per heavy atom. The van der Waals surface area contributed by atoms with Crippen LogP contribution in [0.25, 0.3) is 0 Å². The fourth-order valence-corrected chi connectivity index (χ4v) is 2.17. The second kappa shape index (κ2) is 7.74. The maximum Gasteiger partial charge on any atom is 0.130 e. The van der Waals surface area contributed by atoms with Crippen molar-refractivity contribution in [1.29, 1.82) is 0 Å². The van der Waals surface area contributed by atoms with Crippen LogP contribution in [0.5, 0.6) is 0 Å². The van der Waals surface area contributed by atoms with Gasteiger partial charge in [-0.1, -0.05) is 24.3 Å². The maximum atomic E-state index is 13.4. The van der Waals surface area contributed by atoms with Crippen molar-refractivity contribution in [3.63, 3.8) is 0 Å². The molecule has 2 nitrogen and oxygen atoms in total. The Morgan fingerprint density at radius 1 is 0.952 bits per heavy atom. The standard InChI is InChI=1S/C17H20F2N2/c1-21(14-7-3-2-4-8-14)12-6-11-20-13-15-16(18)9-5-10-17(15)19/h2-5,7-10,20H,6,11-13H2,1H3. The molecule has 21 heavy (non-hydrogen) atoms. The topological polar surface area (TPSA) is 15.3 Å². The Hall–Kier alpha value is -1.94. The van der Waals surface area contributed by atoms with E-state index in [1.165, 1.54) is 18.2 Å². The van der Waals surface area contributed by atoms with Crippen molar-refractivity contribution in [3.8, 4) is 0 Å². The first kappa shape index (κ1) is 15.4. The van der Waals surface area contributed by atoms with Gasteiger partial charge < -0.3 is 10.2 Å². The SMILES string of the molecule is CN(CCCNCc1c(F)cccc1F)c1ccccc1. The molecule has 4 heteroatoms. The van der Waals surface area contributed by atoms with E-state index in [4.69, 9.17) is 0 Å². The van der Waals surface area contributed by atoms with Gasteiger partial charge in [0.1, 0.15) is 11.6 Å². The van der Waals surface area contributed by atoms with Crippen LogP contribution in [-0.4, -0.2) is 20.1 Å². The first-order chi connectivity index (χ1) is 10.2. The minimum absolute atomic E-state index is 0.105. The van der Waals surface area contributed by atoms with Gasteiger partial charge in [-0.05, 0) is 37.2 Å². The van der Waals surface area contributed by atoms with E-state index < -0.39 is 11.6 Å². The molecule has 0 atom stereocenters. The van der Waals surface area contributed by atoms with Gasteiger partial charge in [-0.3, -0.25) is 0 Å². The number of anilines is 1. The number of nitrogens with one attached hydrogen (secondary N) is 1. The number of nitrogens with zero attached hydrogens (tertiary/aromatic N) is 1. The van der Waals surface area contributed by atoms with Crippen molar-refractivity contribution in [1.82, 2.24) is 5.32 Å². The van der Waals surface area contributed by atoms with Crippen molar-refractivity contribution < 1.29 is 8.78 Å². The largest absolute Gasteiger partial charge is 0.375 e. The summed E-state index contributed by atoms with van der Waals surface area (Å²) in [6.45, 7) is 1.81. The summed E-state index contributed by atoms with van der Waals surface area (Å²) in [6.07, 6.45) is 0.904. The van der Waals surface area contributed by atoms with Crippen LogP contribution in [0.15, 0.2) is 48.5 Å². The van der Waals surface area contributed by atoms with Gasteiger partial charge in [-0.2, -0.15) is 0 Å². The van der Waals surface area contributed by atoms with Crippen LogP contribution in [0.2, 0.25) is 0 Å². The average Bonchev–Trinajstić information content (AvgIpc) is 2.50. The van der Waals surface area contributed by atoms with Gasteiger partial charge in [0.25, 0.3) is 0 Å². The Kier molecular flexibility index (Phi) is 5.69. The zero-order valence-corrected chi connectivity index (χ0v) is 12.2. The van der Waals surface area contributed by atoms with Gasteiger partial charge in [0.2, 0.25) is 0 Å². The highest BCUT2D eigenvalue weighted by Gasteiger charge is 2.07. The summed E-state index contributed by atoms with van der Waals surface area (Å²) >= 11 is 0. The van der Waals surface area contributed by atoms with Gasteiger partial charge in [0.05, 0.1) is 0 Å². The smallest absolute Gasteiger partial charge is 0.130 e. The molecule has 2 aromatic rings. The molecule has 0 aliphatic rings. The summed E-state index contributed by atoms with van der Waals surface area (Å²) < 4.78 is 26.8. The lowest BCUT2D eigenvalue weighted by molar-refractivity contribution is 0.532. The van der Waals surface area contributed by atoms with Crippen molar-refractivity contribution >= 4 is 5.69 Å². The molecule has 1 N–H and O–H groups in total. The van der Waals surface area contributed by atoms with Crippen LogP contribution in [0.3, 0.4) is 0 Å². The zero-order valence-electron chi connectivity index (χ0n) is 12.2. The molecule has 0 aromatic heterocycles. The molecular formula is C17H20F2N2. The van der Waals surface area contributed by atoms with Crippen LogP contribution in [0, 0.1) is 11.6 Å².